The molecule has 3 aliphatic rings. The van der Waals surface area contributed by atoms with E-state index in [-0.39, 0.29) is 17.9 Å². The lowest BCUT2D eigenvalue weighted by Gasteiger charge is -2.53. The number of hydrogen-bond donors (Lipinski definition) is 2. The minimum atomic E-state index is -0.914. The monoisotopic (exact) mass is 316 g/mol. The van der Waals surface area contributed by atoms with Crippen LogP contribution in [0.1, 0.15) is 47.5 Å². The van der Waals surface area contributed by atoms with Gasteiger partial charge in [-0.1, -0.05) is 46.4 Å². The molecule has 23 heavy (non-hydrogen) atoms. The molecule has 1 saturated carbocycles. The van der Waals surface area contributed by atoms with Crippen LogP contribution < -0.4 is 0 Å². The second kappa shape index (κ2) is 5.32. The van der Waals surface area contributed by atoms with Crippen LogP contribution in [0.25, 0.3) is 0 Å². The SMILES string of the molecule is C=C1C(C)=CC2C3C(C=C(CO)CC12O)C(C)(C)C(C)C[C@H]3C. The first-order chi connectivity index (χ1) is 10.6. The van der Waals surface area contributed by atoms with E-state index in [4.69, 9.17) is 0 Å². The smallest absolute Gasteiger partial charge is 0.0996 e. The van der Waals surface area contributed by atoms with Crippen LogP contribution in [-0.4, -0.2) is 22.4 Å². The lowest BCUT2D eigenvalue weighted by molar-refractivity contribution is -0.0551. The van der Waals surface area contributed by atoms with Crippen molar-refractivity contribution in [3.8, 4) is 0 Å². The fraction of sp³-hybridized carbons (Fsp3) is 0.714. The van der Waals surface area contributed by atoms with Crippen LogP contribution in [0.4, 0.5) is 0 Å². The van der Waals surface area contributed by atoms with Crippen LogP contribution in [0.2, 0.25) is 0 Å². The van der Waals surface area contributed by atoms with Gasteiger partial charge in [0.1, 0.15) is 0 Å². The Morgan fingerprint density at radius 2 is 1.87 bits per heavy atom. The van der Waals surface area contributed by atoms with E-state index >= 15 is 0 Å². The summed E-state index contributed by atoms with van der Waals surface area (Å²) in [4.78, 5) is 0. The van der Waals surface area contributed by atoms with E-state index < -0.39 is 5.60 Å². The molecule has 0 aliphatic heterocycles. The summed E-state index contributed by atoms with van der Waals surface area (Å²) in [5, 5.41) is 21.4. The minimum absolute atomic E-state index is 0.0312. The zero-order chi connectivity index (χ0) is 17.2. The quantitative estimate of drug-likeness (QED) is 0.715. The predicted octanol–water partition coefficient (Wildman–Crippen LogP) is 4.11. The van der Waals surface area contributed by atoms with E-state index in [2.05, 4.69) is 53.3 Å². The van der Waals surface area contributed by atoms with Crippen LogP contribution in [0.15, 0.2) is 35.5 Å². The molecule has 0 heterocycles. The molecule has 2 heteroatoms. The highest BCUT2D eigenvalue weighted by Gasteiger charge is 2.56. The van der Waals surface area contributed by atoms with E-state index in [1.54, 1.807) is 0 Å². The molecule has 6 atom stereocenters. The van der Waals surface area contributed by atoms with Gasteiger partial charge in [0, 0.05) is 12.3 Å². The molecule has 0 aromatic heterocycles. The number of allylic oxidation sites excluding steroid dienone is 1. The molecule has 3 aliphatic carbocycles. The lowest BCUT2D eigenvalue weighted by atomic mass is 9.52. The summed E-state index contributed by atoms with van der Waals surface area (Å²) in [5.41, 5.74) is 2.21. The van der Waals surface area contributed by atoms with Gasteiger partial charge in [0.15, 0.2) is 0 Å². The Labute approximate surface area is 141 Å². The molecule has 2 N–H and O–H groups in total. The number of rotatable bonds is 1. The molecule has 5 unspecified atom stereocenters. The van der Waals surface area contributed by atoms with Gasteiger partial charge < -0.3 is 10.2 Å². The summed E-state index contributed by atoms with van der Waals surface area (Å²) >= 11 is 0. The first-order valence-corrected chi connectivity index (χ1v) is 9.04. The molecule has 0 aromatic rings. The number of aliphatic hydroxyl groups excluding tert-OH is 1. The van der Waals surface area contributed by atoms with Gasteiger partial charge in [-0.25, -0.2) is 0 Å². The number of fused-ring (bicyclic) bond motifs is 3. The molecule has 0 amide bonds. The maximum atomic E-state index is 11.5. The Morgan fingerprint density at radius 3 is 2.48 bits per heavy atom. The van der Waals surface area contributed by atoms with Crippen molar-refractivity contribution in [2.45, 2.75) is 53.1 Å². The van der Waals surface area contributed by atoms with Gasteiger partial charge in [0.05, 0.1) is 12.2 Å². The van der Waals surface area contributed by atoms with Crippen molar-refractivity contribution in [1.82, 2.24) is 0 Å². The first-order valence-electron chi connectivity index (χ1n) is 9.04. The summed E-state index contributed by atoms with van der Waals surface area (Å²) in [5.74, 6) is 2.10. The van der Waals surface area contributed by atoms with Crippen molar-refractivity contribution in [3.05, 3.63) is 35.5 Å². The highest BCUT2D eigenvalue weighted by atomic mass is 16.3. The molecule has 128 valence electrons. The second-order valence-electron chi connectivity index (χ2n) is 8.98. The maximum absolute atomic E-state index is 11.5. The molecule has 0 saturated heterocycles. The molecule has 0 aromatic carbocycles. The predicted molar refractivity (Wildman–Crippen MR) is 94.8 cm³/mol. The van der Waals surface area contributed by atoms with Gasteiger partial charge in [0.25, 0.3) is 0 Å². The van der Waals surface area contributed by atoms with Crippen molar-refractivity contribution in [2.24, 2.45) is 35.0 Å². The summed E-state index contributed by atoms with van der Waals surface area (Å²) in [6.07, 6.45) is 6.27. The summed E-state index contributed by atoms with van der Waals surface area (Å²) in [6.45, 7) is 15.7. The highest BCUT2D eigenvalue weighted by Crippen LogP contribution is 2.60. The van der Waals surface area contributed by atoms with Crippen molar-refractivity contribution in [1.29, 1.82) is 0 Å². The van der Waals surface area contributed by atoms with Gasteiger partial charge in [0.2, 0.25) is 0 Å². The van der Waals surface area contributed by atoms with E-state index in [1.165, 1.54) is 6.42 Å². The Morgan fingerprint density at radius 1 is 1.22 bits per heavy atom. The summed E-state index contributed by atoms with van der Waals surface area (Å²) in [7, 11) is 0. The third kappa shape index (κ3) is 2.29. The average molecular weight is 316 g/mol. The molecule has 3 rings (SSSR count). The van der Waals surface area contributed by atoms with E-state index in [0.29, 0.717) is 30.1 Å². The van der Waals surface area contributed by atoms with Gasteiger partial charge in [-0.15, -0.1) is 0 Å². The fourth-order valence-corrected chi connectivity index (χ4v) is 5.57. The zero-order valence-corrected chi connectivity index (χ0v) is 15.3. The Hall–Kier alpha value is -0.860. The first kappa shape index (κ1) is 17.0. The van der Waals surface area contributed by atoms with Gasteiger partial charge in [-0.2, -0.15) is 0 Å². The van der Waals surface area contributed by atoms with Crippen molar-refractivity contribution in [3.63, 3.8) is 0 Å². The standard InChI is InChI=1S/C21H32O2/c1-12-8-18-19-13(2)7-14(3)20(5,6)17(19)9-16(11-22)10-21(18,23)15(12)4/h8-9,13-14,17-19,22-23H,4,7,10-11H2,1-3,5-6H3/t13-,14?,17?,18?,19?,21?/m1/s1. The summed E-state index contributed by atoms with van der Waals surface area (Å²) in [6, 6.07) is 0. The van der Waals surface area contributed by atoms with Crippen molar-refractivity contribution < 1.29 is 10.2 Å². The van der Waals surface area contributed by atoms with Crippen LogP contribution >= 0.6 is 0 Å². The van der Waals surface area contributed by atoms with Gasteiger partial charge >= 0.3 is 0 Å². The largest absolute Gasteiger partial charge is 0.392 e. The molecular formula is C21H32O2. The van der Waals surface area contributed by atoms with Crippen LogP contribution in [0, 0.1) is 35.0 Å². The molecule has 0 bridgehead atoms. The molecule has 0 spiro atoms. The third-order valence-corrected chi connectivity index (χ3v) is 7.44. The molecule has 1 fully saturated rings. The topological polar surface area (TPSA) is 40.5 Å². The van der Waals surface area contributed by atoms with E-state index in [1.807, 2.05) is 0 Å². The Kier molecular flexibility index (Phi) is 3.93. The van der Waals surface area contributed by atoms with Crippen LogP contribution in [-0.2, 0) is 0 Å². The van der Waals surface area contributed by atoms with E-state index in [0.717, 1.165) is 16.7 Å². The highest BCUT2D eigenvalue weighted by molar-refractivity contribution is 5.46. The number of hydrogen-bond acceptors (Lipinski definition) is 2. The zero-order valence-electron chi connectivity index (χ0n) is 15.3. The second-order valence-corrected chi connectivity index (χ2v) is 8.98. The lowest BCUT2D eigenvalue weighted by Crippen LogP contribution is -2.49. The maximum Gasteiger partial charge on any atom is 0.0996 e. The fourth-order valence-electron chi connectivity index (χ4n) is 5.57. The Bertz CT molecular complexity index is 583. The van der Waals surface area contributed by atoms with Gasteiger partial charge in [-0.3, -0.25) is 0 Å². The van der Waals surface area contributed by atoms with Crippen LogP contribution in [0.5, 0.6) is 0 Å². The van der Waals surface area contributed by atoms with Crippen LogP contribution in [0.3, 0.4) is 0 Å². The van der Waals surface area contributed by atoms with Crippen molar-refractivity contribution >= 4 is 0 Å². The third-order valence-electron chi connectivity index (χ3n) is 7.44. The molecular weight excluding hydrogens is 284 g/mol. The summed E-state index contributed by atoms with van der Waals surface area (Å²) < 4.78 is 0. The average Bonchev–Trinajstić information content (AvgIpc) is 2.62. The molecule has 2 nitrogen and oxygen atoms in total. The van der Waals surface area contributed by atoms with Crippen molar-refractivity contribution in [2.75, 3.05) is 6.61 Å². The normalized spacial score (nSPS) is 45.7. The molecule has 0 radical (unpaired) electrons. The van der Waals surface area contributed by atoms with Gasteiger partial charge in [-0.05, 0) is 59.2 Å². The minimum Gasteiger partial charge on any atom is -0.392 e. The number of aliphatic hydroxyl groups is 2. The Balaban J connectivity index is 2.16. The van der Waals surface area contributed by atoms with E-state index in [9.17, 15) is 10.2 Å².